The fourth-order valence-corrected chi connectivity index (χ4v) is 4.63. The van der Waals surface area contributed by atoms with Gasteiger partial charge in [0.15, 0.2) is 34.5 Å². The lowest BCUT2D eigenvalue weighted by atomic mass is 10.1. The molecule has 2 aliphatic rings. The molecule has 0 aliphatic carbocycles. The fraction of sp³-hybridized carbons (Fsp3) is 0.267. The normalized spacial score (nSPS) is 13.1. The first kappa shape index (κ1) is 25.6. The highest BCUT2D eigenvalue weighted by Crippen LogP contribution is 2.33. The summed E-state index contributed by atoms with van der Waals surface area (Å²) in [7, 11) is 1.66. The summed E-state index contributed by atoms with van der Waals surface area (Å²) in [5.74, 6) is 3.99. The van der Waals surface area contributed by atoms with Crippen molar-refractivity contribution in [3.63, 3.8) is 0 Å². The first-order chi connectivity index (χ1) is 19.6. The number of methoxy groups -OCH3 is 1. The average molecular weight is 544 g/mol. The Hall–Kier alpha value is -4.70. The number of fused-ring (bicyclic) bond motifs is 2. The van der Waals surface area contributed by atoms with E-state index in [1.54, 1.807) is 13.2 Å². The first-order valence-electron chi connectivity index (χ1n) is 13.0. The molecule has 10 heteroatoms. The molecule has 40 heavy (non-hydrogen) atoms. The van der Waals surface area contributed by atoms with Gasteiger partial charge in [0.2, 0.25) is 13.6 Å². The number of rotatable bonds is 11. The third kappa shape index (κ3) is 5.97. The number of carbonyl (C=O) groups excluding carboxylic acids is 1. The Morgan fingerprint density at radius 3 is 2.20 bits per heavy atom. The van der Waals surface area contributed by atoms with Gasteiger partial charge in [0.05, 0.1) is 13.7 Å². The second-order valence-corrected chi connectivity index (χ2v) is 9.55. The summed E-state index contributed by atoms with van der Waals surface area (Å²) in [5.41, 5.74) is 3.40. The van der Waals surface area contributed by atoms with Crippen molar-refractivity contribution in [2.75, 3.05) is 27.2 Å². The molecule has 1 amide bonds. The van der Waals surface area contributed by atoms with E-state index in [4.69, 9.17) is 28.2 Å². The van der Waals surface area contributed by atoms with E-state index in [0.29, 0.717) is 36.9 Å². The van der Waals surface area contributed by atoms with Crippen LogP contribution in [0.1, 0.15) is 32.9 Å². The molecule has 206 valence electrons. The average Bonchev–Trinajstić information content (AvgIpc) is 3.75. The Kier molecular flexibility index (Phi) is 7.41. The molecule has 3 aromatic carbocycles. The summed E-state index contributed by atoms with van der Waals surface area (Å²) in [4.78, 5) is 15.0. The third-order valence-corrected chi connectivity index (χ3v) is 6.78. The van der Waals surface area contributed by atoms with E-state index in [1.165, 1.54) is 5.56 Å². The first-order valence-corrected chi connectivity index (χ1v) is 13.0. The van der Waals surface area contributed by atoms with Crippen molar-refractivity contribution >= 4 is 5.91 Å². The van der Waals surface area contributed by atoms with Gasteiger partial charge in [0, 0.05) is 25.7 Å². The van der Waals surface area contributed by atoms with E-state index in [1.807, 2.05) is 48.5 Å². The maximum Gasteiger partial charge on any atom is 0.273 e. The monoisotopic (exact) mass is 543 g/mol. The number of hydrogen-bond donors (Lipinski definition) is 1. The molecule has 0 spiro atoms. The van der Waals surface area contributed by atoms with E-state index in [2.05, 4.69) is 27.5 Å². The molecular weight excluding hydrogens is 514 g/mol. The molecule has 0 unspecified atom stereocenters. The largest absolute Gasteiger partial charge is 0.497 e. The number of nitrogens with one attached hydrogen (secondary N) is 1. The minimum absolute atomic E-state index is 0.207. The summed E-state index contributed by atoms with van der Waals surface area (Å²) in [6.07, 6.45) is 0.825. The Labute approximate surface area is 231 Å². The SMILES string of the molecule is COc1ccc(CCN(Cc2ccc3c(c2)OCO3)Cc2cc(C(=O)NCc3ccc4c(c3)OCO4)no2)cc1. The van der Waals surface area contributed by atoms with Crippen molar-refractivity contribution in [2.24, 2.45) is 0 Å². The Morgan fingerprint density at radius 2 is 1.48 bits per heavy atom. The number of benzene rings is 3. The van der Waals surface area contributed by atoms with Crippen LogP contribution in [0.15, 0.2) is 71.3 Å². The van der Waals surface area contributed by atoms with Gasteiger partial charge in [0.1, 0.15) is 5.75 Å². The lowest BCUT2D eigenvalue weighted by Gasteiger charge is -2.21. The van der Waals surface area contributed by atoms with E-state index in [0.717, 1.165) is 41.3 Å². The van der Waals surface area contributed by atoms with Gasteiger partial charge in [-0.25, -0.2) is 0 Å². The molecule has 4 aromatic rings. The van der Waals surface area contributed by atoms with Gasteiger partial charge in [-0.3, -0.25) is 9.69 Å². The Balaban J connectivity index is 1.10. The van der Waals surface area contributed by atoms with Crippen LogP contribution >= 0.6 is 0 Å². The van der Waals surface area contributed by atoms with Gasteiger partial charge in [-0.1, -0.05) is 29.4 Å². The predicted octanol–water partition coefficient (Wildman–Crippen LogP) is 4.32. The summed E-state index contributed by atoms with van der Waals surface area (Å²) in [6.45, 7) is 2.66. The standard InChI is InChI=1S/C30H29N3O7/c1-35-23-6-2-20(3-7-23)10-11-33(16-22-5-9-27-29(13-22)39-19-37-27)17-24-14-25(32-40-24)30(34)31-15-21-4-8-26-28(12-21)38-18-36-26/h2-9,12-14H,10-11,15-19H2,1H3,(H,31,34). The quantitative estimate of drug-likeness (QED) is 0.296. The molecular formula is C30H29N3O7. The Bertz CT molecular complexity index is 1490. The molecule has 2 aliphatic heterocycles. The highest BCUT2D eigenvalue weighted by molar-refractivity contribution is 5.92. The molecule has 3 heterocycles. The zero-order valence-electron chi connectivity index (χ0n) is 22.1. The minimum atomic E-state index is -0.312. The van der Waals surface area contributed by atoms with Crippen molar-refractivity contribution < 1.29 is 33.0 Å². The number of amides is 1. The number of aromatic nitrogens is 1. The molecule has 0 bridgehead atoms. The van der Waals surface area contributed by atoms with E-state index < -0.39 is 0 Å². The van der Waals surface area contributed by atoms with Gasteiger partial charge in [-0.15, -0.1) is 0 Å². The predicted molar refractivity (Wildman–Crippen MR) is 144 cm³/mol. The number of ether oxygens (including phenoxy) is 5. The van der Waals surface area contributed by atoms with Gasteiger partial charge < -0.3 is 33.5 Å². The van der Waals surface area contributed by atoms with Gasteiger partial charge >= 0.3 is 0 Å². The van der Waals surface area contributed by atoms with Crippen LogP contribution in [0.4, 0.5) is 0 Å². The van der Waals surface area contributed by atoms with E-state index >= 15 is 0 Å². The molecule has 0 saturated heterocycles. The zero-order valence-corrected chi connectivity index (χ0v) is 22.1. The molecule has 0 fully saturated rings. The van der Waals surface area contributed by atoms with Crippen molar-refractivity contribution in [3.8, 4) is 28.7 Å². The number of hydrogen-bond acceptors (Lipinski definition) is 9. The molecule has 1 aromatic heterocycles. The molecule has 0 saturated carbocycles. The second kappa shape index (κ2) is 11.6. The van der Waals surface area contributed by atoms with Crippen LogP contribution in [-0.4, -0.2) is 43.2 Å². The molecule has 0 radical (unpaired) electrons. The molecule has 0 atom stereocenters. The van der Waals surface area contributed by atoms with Gasteiger partial charge in [-0.2, -0.15) is 0 Å². The van der Waals surface area contributed by atoms with Crippen molar-refractivity contribution in [3.05, 3.63) is 94.9 Å². The van der Waals surface area contributed by atoms with Crippen LogP contribution in [0.3, 0.4) is 0 Å². The smallest absolute Gasteiger partial charge is 0.273 e. The highest BCUT2D eigenvalue weighted by Gasteiger charge is 2.19. The lowest BCUT2D eigenvalue weighted by Crippen LogP contribution is -2.25. The van der Waals surface area contributed by atoms with E-state index in [9.17, 15) is 4.79 Å². The maximum atomic E-state index is 12.8. The summed E-state index contributed by atoms with van der Waals surface area (Å²) in [5, 5.41) is 6.91. The number of nitrogens with zero attached hydrogens (tertiary/aromatic N) is 2. The van der Waals surface area contributed by atoms with Crippen LogP contribution in [0.5, 0.6) is 28.7 Å². The minimum Gasteiger partial charge on any atom is -0.497 e. The molecule has 10 nitrogen and oxygen atoms in total. The zero-order chi connectivity index (χ0) is 27.3. The van der Waals surface area contributed by atoms with Crippen molar-refractivity contribution in [1.29, 1.82) is 0 Å². The van der Waals surface area contributed by atoms with Gasteiger partial charge in [0.25, 0.3) is 5.91 Å². The van der Waals surface area contributed by atoms with Crippen molar-refractivity contribution in [1.82, 2.24) is 15.4 Å². The second-order valence-electron chi connectivity index (χ2n) is 9.55. The Morgan fingerprint density at radius 1 is 0.825 bits per heavy atom. The number of carbonyl (C=O) groups is 1. The molecule has 1 N–H and O–H groups in total. The topological polar surface area (TPSA) is 105 Å². The van der Waals surface area contributed by atoms with Crippen LogP contribution in [-0.2, 0) is 26.1 Å². The summed E-state index contributed by atoms with van der Waals surface area (Å²) < 4.78 is 32.6. The van der Waals surface area contributed by atoms with Crippen LogP contribution < -0.4 is 29.0 Å². The van der Waals surface area contributed by atoms with Crippen LogP contribution in [0, 0.1) is 0 Å². The third-order valence-electron chi connectivity index (χ3n) is 6.78. The fourth-order valence-electron chi connectivity index (χ4n) is 4.63. The lowest BCUT2D eigenvalue weighted by molar-refractivity contribution is 0.0941. The summed E-state index contributed by atoms with van der Waals surface area (Å²) >= 11 is 0. The maximum absolute atomic E-state index is 12.8. The molecule has 6 rings (SSSR count). The van der Waals surface area contributed by atoms with E-state index in [-0.39, 0.29) is 25.2 Å². The highest BCUT2D eigenvalue weighted by atomic mass is 16.7. The van der Waals surface area contributed by atoms with Crippen molar-refractivity contribution in [2.45, 2.75) is 26.1 Å². The van der Waals surface area contributed by atoms with Crippen LogP contribution in [0.2, 0.25) is 0 Å². The van der Waals surface area contributed by atoms with Gasteiger partial charge in [-0.05, 0) is 59.5 Å². The summed E-state index contributed by atoms with van der Waals surface area (Å²) in [6, 6.07) is 21.3. The van der Waals surface area contributed by atoms with Crippen LogP contribution in [0.25, 0.3) is 0 Å².